The van der Waals surface area contributed by atoms with Crippen molar-refractivity contribution < 1.29 is 5.11 Å². The molecule has 1 nitrogen and oxygen atoms in total. The molecule has 1 N–H and O–H groups in total. The zero-order valence-corrected chi connectivity index (χ0v) is 15.3. The minimum Gasteiger partial charge on any atom is -0.393 e. The van der Waals surface area contributed by atoms with Gasteiger partial charge in [0.25, 0.3) is 0 Å². The van der Waals surface area contributed by atoms with Crippen LogP contribution in [0.3, 0.4) is 0 Å². The van der Waals surface area contributed by atoms with Crippen molar-refractivity contribution in [3.8, 4) is 0 Å². The molecule has 0 radical (unpaired) electrons. The van der Waals surface area contributed by atoms with Gasteiger partial charge in [0.1, 0.15) is 0 Å². The highest BCUT2D eigenvalue weighted by Gasteiger charge is 2.04. The third-order valence-corrected chi connectivity index (χ3v) is 4.71. The number of hydrogen-bond acceptors (Lipinski definition) is 1. The topological polar surface area (TPSA) is 20.2 Å². The lowest BCUT2D eigenvalue weighted by Gasteiger charge is -2.10. The highest BCUT2D eigenvalue weighted by Crippen LogP contribution is 2.14. The second kappa shape index (κ2) is 14.8. The summed E-state index contributed by atoms with van der Waals surface area (Å²) >= 11 is 0. The first-order valence-corrected chi connectivity index (χ1v) is 10.0. The van der Waals surface area contributed by atoms with Crippen molar-refractivity contribution in [1.82, 2.24) is 0 Å². The summed E-state index contributed by atoms with van der Waals surface area (Å²) in [5.41, 5.74) is 1.25. The lowest BCUT2D eigenvalue weighted by Crippen LogP contribution is -2.10. The van der Waals surface area contributed by atoms with Crippen molar-refractivity contribution in [2.45, 2.75) is 103 Å². The molecule has 1 unspecified atom stereocenters. The fraction of sp³-hybridized carbons (Fsp3) is 0.727. The van der Waals surface area contributed by atoms with Gasteiger partial charge in [-0.1, -0.05) is 114 Å². The quantitative estimate of drug-likeness (QED) is 0.357. The lowest BCUT2D eigenvalue weighted by atomic mass is 10.0. The molecule has 1 aromatic rings. The van der Waals surface area contributed by atoms with Gasteiger partial charge in [-0.15, -0.1) is 0 Å². The Labute approximate surface area is 144 Å². The summed E-state index contributed by atoms with van der Waals surface area (Å²) in [6.07, 6.45) is 18.1. The van der Waals surface area contributed by atoms with Crippen LogP contribution in [0.15, 0.2) is 30.3 Å². The van der Waals surface area contributed by atoms with Gasteiger partial charge in [-0.2, -0.15) is 0 Å². The van der Waals surface area contributed by atoms with Crippen LogP contribution in [0.25, 0.3) is 0 Å². The van der Waals surface area contributed by atoms with E-state index >= 15 is 0 Å². The summed E-state index contributed by atoms with van der Waals surface area (Å²) in [6.45, 7) is 2.28. The molecular weight excluding hydrogens is 280 g/mol. The third kappa shape index (κ3) is 12.3. The Balaban J connectivity index is 1.82. The molecule has 0 aliphatic carbocycles. The van der Waals surface area contributed by atoms with Gasteiger partial charge >= 0.3 is 0 Å². The van der Waals surface area contributed by atoms with Crippen LogP contribution in [0.1, 0.15) is 96.0 Å². The van der Waals surface area contributed by atoms with E-state index < -0.39 is 0 Å². The predicted molar refractivity (Wildman–Crippen MR) is 102 cm³/mol. The molecule has 1 atom stereocenters. The van der Waals surface area contributed by atoms with E-state index in [0.29, 0.717) is 0 Å². The van der Waals surface area contributed by atoms with E-state index in [1.165, 1.54) is 82.6 Å². The minimum absolute atomic E-state index is 0.166. The van der Waals surface area contributed by atoms with Crippen molar-refractivity contribution in [3.63, 3.8) is 0 Å². The molecule has 0 saturated carbocycles. The summed E-state index contributed by atoms with van der Waals surface area (Å²) in [5.74, 6) is 0. The number of hydrogen-bond donors (Lipinski definition) is 1. The molecule has 0 fully saturated rings. The van der Waals surface area contributed by atoms with Gasteiger partial charge in [-0.05, 0) is 18.4 Å². The maximum absolute atomic E-state index is 10.1. The van der Waals surface area contributed by atoms with Gasteiger partial charge in [-0.25, -0.2) is 0 Å². The van der Waals surface area contributed by atoms with Gasteiger partial charge < -0.3 is 5.11 Å². The zero-order chi connectivity index (χ0) is 16.6. The maximum Gasteiger partial charge on any atom is 0.0580 e. The Morgan fingerprint density at radius 1 is 0.696 bits per heavy atom. The highest BCUT2D eigenvalue weighted by atomic mass is 16.3. The van der Waals surface area contributed by atoms with Crippen molar-refractivity contribution in [2.24, 2.45) is 0 Å². The molecule has 132 valence electrons. The average Bonchev–Trinajstić information content (AvgIpc) is 2.57. The Bertz CT molecular complexity index is 346. The van der Waals surface area contributed by atoms with Crippen molar-refractivity contribution in [1.29, 1.82) is 0 Å². The molecule has 0 aliphatic rings. The minimum atomic E-state index is -0.166. The van der Waals surface area contributed by atoms with Crippen molar-refractivity contribution >= 4 is 0 Å². The summed E-state index contributed by atoms with van der Waals surface area (Å²) < 4.78 is 0. The Hall–Kier alpha value is -0.820. The van der Waals surface area contributed by atoms with E-state index in [0.717, 1.165) is 12.8 Å². The fourth-order valence-electron chi connectivity index (χ4n) is 3.21. The molecule has 1 heteroatoms. The molecule has 1 rings (SSSR count). The van der Waals surface area contributed by atoms with Crippen LogP contribution in [0.5, 0.6) is 0 Å². The first kappa shape index (κ1) is 20.2. The number of unbranched alkanes of at least 4 members (excludes halogenated alkanes) is 11. The normalized spacial score (nSPS) is 12.4. The van der Waals surface area contributed by atoms with Gasteiger partial charge in [0.2, 0.25) is 0 Å². The summed E-state index contributed by atoms with van der Waals surface area (Å²) in [4.78, 5) is 0. The predicted octanol–water partition coefficient (Wildman–Crippen LogP) is 6.68. The summed E-state index contributed by atoms with van der Waals surface area (Å²) in [7, 11) is 0. The first-order chi connectivity index (χ1) is 11.3. The first-order valence-electron chi connectivity index (χ1n) is 10.0. The SMILES string of the molecule is CCCCCCCCCCCCCCC(O)Cc1ccccc1. The number of rotatable bonds is 15. The van der Waals surface area contributed by atoms with Crippen LogP contribution >= 0.6 is 0 Å². The van der Waals surface area contributed by atoms with Crippen LogP contribution in [-0.4, -0.2) is 11.2 Å². The smallest absolute Gasteiger partial charge is 0.0580 e. The number of benzene rings is 1. The van der Waals surface area contributed by atoms with Crippen molar-refractivity contribution in [2.75, 3.05) is 0 Å². The number of aliphatic hydroxyl groups is 1. The average molecular weight is 319 g/mol. The van der Waals surface area contributed by atoms with Crippen LogP contribution in [0.4, 0.5) is 0 Å². The van der Waals surface area contributed by atoms with Gasteiger partial charge in [0, 0.05) is 0 Å². The number of aliphatic hydroxyl groups excluding tert-OH is 1. The van der Waals surface area contributed by atoms with Crippen LogP contribution < -0.4 is 0 Å². The van der Waals surface area contributed by atoms with Crippen LogP contribution in [0.2, 0.25) is 0 Å². The second-order valence-electron chi connectivity index (χ2n) is 7.02. The standard InChI is InChI=1S/C22H38O/c1-2-3-4-5-6-7-8-9-10-11-12-16-19-22(23)20-21-17-14-13-15-18-21/h13-15,17-18,22-23H,2-12,16,19-20H2,1H3. The highest BCUT2D eigenvalue weighted by molar-refractivity contribution is 5.15. The Morgan fingerprint density at radius 3 is 1.70 bits per heavy atom. The molecule has 0 spiro atoms. The van der Waals surface area contributed by atoms with E-state index in [-0.39, 0.29) is 6.10 Å². The maximum atomic E-state index is 10.1. The molecule has 0 aliphatic heterocycles. The largest absolute Gasteiger partial charge is 0.393 e. The van der Waals surface area contributed by atoms with Gasteiger partial charge in [0.15, 0.2) is 0 Å². The van der Waals surface area contributed by atoms with E-state index in [2.05, 4.69) is 19.1 Å². The second-order valence-corrected chi connectivity index (χ2v) is 7.02. The van der Waals surface area contributed by atoms with Crippen LogP contribution in [-0.2, 0) is 6.42 Å². The van der Waals surface area contributed by atoms with E-state index in [9.17, 15) is 5.11 Å². The Kier molecular flexibility index (Phi) is 13.0. The molecule has 0 aromatic heterocycles. The molecule has 0 bridgehead atoms. The summed E-state index contributed by atoms with van der Waals surface area (Å²) in [5, 5.41) is 10.1. The molecular formula is C22H38O. The van der Waals surface area contributed by atoms with E-state index in [4.69, 9.17) is 0 Å². The molecule has 1 aromatic carbocycles. The summed E-state index contributed by atoms with van der Waals surface area (Å²) in [6, 6.07) is 10.3. The molecule has 0 amide bonds. The Morgan fingerprint density at radius 2 is 1.17 bits per heavy atom. The molecule has 0 heterocycles. The monoisotopic (exact) mass is 318 g/mol. The zero-order valence-electron chi connectivity index (χ0n) is 15.3. The van der Waals surface area contributed by atoms with E-state index in [1.807, 2.05) is 18.2 Å². The molecule has 0 saturated heterocycles. The van der Waals surface area contributed by atoms with E-state index in [1.54, 1.807) is 0 Å². The van der Waals surface area contributed by atoms with Gasteiger partial charge in [0.05, 0.1) is 6.10 Å². The fourth-order valence-corrected chi connectivity index (χ4v) is 3.21. The van der Waals surface area contributed by atoms with Crippen LogP contribution in [0, 0.1) is 0 Å². The molecule has 23 heavy (non-hydrogen) atoms. The van der Waals surface area contributed by atoms with Crippen molar-refractivity contribution in [3.05, 3.63) is 35.9 Å². The lowest BCUT2D eigenvalue weighted by molar-refractivity contribution is 0.161. The third-order valence-electron chi connectivity index (χ3n) is 4.71. The van der Waals surface area contributed by atoms with Gasteiger partial charge in [-0.3, -0.25) is 0 Å².